The Morgan fingerprint density at radius 2 is 2.21 bits per heavy atom. The van der Waals surface area contributed by atoms with Crippen LogP contribution in [0, 0.1) is 6.92 Å². The van der Waals surface area contributed by atoms with Gasteiger partial charge in [0.2, 0.25) is 0 Å². The van der Waals surface area contributed by atoms with Crippen molar-refractivity contribution in [2.24, 2.45) is 0 Å². The van der Waals surface area contributed by atoms with Crippen molar-refractivity contribution < 1.29 is 0 Å². The van der Waals surface area contributed by atoms with E-state index in [1.54, 1.807) is 0 Å². The van der Waals surface area contributed by atoms with E-state index in [4.69, 9.17) is 0 Å². The van der Waals surface area contributed by atoms with Crippen LogP contribution in [0.15, 0.2) is 28.9 Å². The number of aromatic nitrogens is 3. The van der Waals surface area contributed by atoms with Crippen LogP contribution >= 0.6 is 15.9 Å². The van der Waals surface area contributed by atoms with E-state index >= 15 is 0 Å². The minimum atomic E-state index is 0.0934. The van der Waals surface area contributed by atoms with Crippen molar-refractivity contribution in [3.8, 4) is 0 Å². The highest BCUT2D eigenvalue weighted by molar-refractivity contribution is 9.10. The van der Waals surface area contributed by atoms with Gasteiger partial charge in [0.1, 0.15) is 0 Å². The summed E-state index contributed by atoms with van der Waals surface area (Å²) in [6, 6.07) is 6.47. The molecule has 19 heavy (non-hydrogen) atoms. The van der Waals surface area contributed by atoms with Gasteiger partial charge in [-0.3, -0.25) is 0 Å². The molecule has 0 radical (unpaired) electrons. The van der Waals surface area contributed by atoms with Crippen molar-refractivity contribution in [2.45, 2.75) is 32.9 Å². The van der Waals surface area contributed by atoms with Crippen LogP contribution < -0.4 is 5.32 Å². The molecule has 2 aromatic rings. The van der Waals surface area contributed by atoms with Crippen LogP contribution in [0.2, 0.25) is 0 Å². The van der Waals surface area contributed by atoms with Gasteiger partial charge in [0, 0.05) is 11.0 Å². The first-order chi connectivity index (χ1) is 9.17. The first kappa shape index (κ1) is 14.2. The zero-order valence-electron chi connectivity index (χ0n) is 11.5. The van der Waals surface area contributed by atoms with Gasteiger partial charge in [-0.05, 0) is 32.0 Å². The number of halogens is 1. The normalized spacial score (nSPS) is 12.6. The van der Waals surface area contributed by atoms with Gasteiger partial charge in [-0.1, -0.05) is 45.8 Å². The van der Waals surface area contributed by atoms with Gasteiger partial charge in [-0.2, -0.15) is 0 Å². The Bertz CT molecular complexity index is 550. The topological polar surface area (TPSA) is 42.7 Å². The van der Waals surface area contributed by atoms with E-state index in [-0.39, 0.29) is 6.04 Å². The van der Waals surface area contributed by atoms with Crippen molar-refractivity contribution in [1.82, 2.24) is 20.3 Å². The lowest BCUT2D eigenvalue weighted by Crippen LogP contribution is -2.22. The summed E-state index contributed by atoms with van der Waals surface area (Å²) >= 11 is 3.63. The van der Waals surface area contributed by atoms with E-state index in [1.807, 2.05) is 17.9 Å². The van der Waals surface area contributed by atoms with Gasteiger partial charge >= 0.3 is 0 Å². The molecule has 0 spiro atoms. The van der Waals surface area contributed by atoms with Gasteiger partial charge in [-0.25, -0.2) is 4.68 Å². The van der Waals surface area contributed by atoms with Crippen LogP contribution in [-0.4, -0.2) is 22.0 Å². The lowest BCUT2D eigenvalue weighted by molar-refractivity contribution is 0.522. The summed E-state index contributed by atoms with van der Waals surface area (Å²) in [5.74, 6) is 0. The smallest absolute Gasteiger partial charge is 0.0802 e. The molecule has 0 saturated carbocycles. The maximum absolute atomic E-state index is 4.16. The van der Waals surface area contributed by atoms with Crippen molar-refractivity contribution in [2.75, 3.05) is 7.05 Å². The predicted octanol–water partition coefficient (Wildman–Crippen LogP) is 3.07. The van der Waals surface area contributed by atoms with Crippen molar-refractivity contribution in [3.05, 3.63) is 45.7 Å². The third-order valence-electron chi connectivity index (χ3n) is 3.13. The molecule has 0 aliphatic carbocycles. The highest BCUT2D eigenvalue weighted by atomic mass is 79.9. The maximum Gasteiger partial charge on any atom is 0.0802 e. The lowest BCUT2D eigenvalue weighted by Gasteiger charge is -2.19. The van der Waals surface area contributed by atoms with Gasteiger partial charge in [0.25, 0.3) is 0 Å². The summed E-state index contributed by atoms with van der Waals surface area (Å²) < 4.78 is 3.07. The molecule has 1 atom stereocenters. The monoisotopic (exact) mass is 322 g/mol. The highest BCUT2D eigenvalue weighted by Crippen LogP contribution is 2.28. The molecule has 1 aromatic carbocycles. The minimum Gasteiger partial charge on any atom is -0.308 e. The number of benzene rings is 1. The number of rotatable bonds is 5. The Labute approximate surface area is 122 Å². The van der Waals surface area contributed by atoms with E-state index in [2.05, 4.69) is 63.6 Å². The number of aryl methyl sites for hydroxylation is 2. The second kappa shape index (κ2) is 6.30. The van der Waals surface area contributed by atoms with Crippen LogP contribution in [-0.2, 0) is 6.54 Å². The third kappa shape index (κ3) is 3.04. The van der Waals surface area contributed by atoms with E-state index in [0.29, 0.717) is 0 Å². The SMILES string of the molecule is CCCn1nncc1C(NC)c1cc(C)ccc1Br. The number of nitrogens with zero attached hydrogens (tertiary/aromatic N) is 3. The van der Waals surface area contributed by atoms with Crippen molar-refractivity contribution in [3.63, 3.8) is 0 Å². The third-order valence-corrected chi connectivity index (χ3v) is 3.85. The van der Waals surface area contributed by atoms with E-state index in [9.17, 15) is 0 Å². The molecule has 1 heterocycles. The zero-order chi connectivity index (χ0) is 13.8. The first-order valence-electron chi connectivity index (χ1n) is 6.49. The average Bonchev–Trinajstić information content (AvgIpc) is 2.83. The van der Waals surface area contributed by atoms with Crippen LogP contribution in [0.1, 0.15) is 36.2 Å². The molecule has 5 heteroatoms. The number of nitrogens with one attached hydrogen (secondary N) is 1. The molecule has 0 aliphatic rings. The molecule has 1 aromatic heterocycles. The van der Waals surface area contributed by atoms with Crippen molar-refractivity contribution >= 4 is 15.9 Å². The molecule has 0 amide bonds. The Kier molecular flexibility index (Phi) is 4.71. The first-order valence-corrected chi connectivity index (χ1v) is 7.28. The van der Waals surface area contributed by atoms with Crippen LogP contribution in [0.3, 0.4) is 0 Å². The van der Waals surface area contributed by atoms with E-state index in [0.717, 1.165) is 23.1 Å². The zero-order valence-corrected chi connectivity index (χ0v) is 13.1. The second-order valence-corrected chi connectivity index (χ2v) is 5.48. The standard InChI is InChI=1S/C14H19BrN4/c1-4-7-19-13(9-17-18-19)14(16-3)11-8-10(2)5-6-12(11)15/h5-6,8-9,14,16H,4,7H2,1-3H3. The Balaban J connectivity index is 2.44. The van der Waals surface area contributed by atoms with E-state index < -0.39 is 0 Å². The fraction of sp³-hybridized carbons (Fsp3) is 0.429. The summed E-state index contributed by atoms with van der Waals surface area (Å²) in [4.78, 5) is 0. The lowest BCUT2D eigenvalue weighted by atomic mass is 10.0. The summed E-state index contributed by atoms with van der Waals surface area (Å²) in [6.07, 6.45) is 2.88. The maximum atomic E-state index is 4.16. The molecular formula is C14H19BrN4. The van der Waals surface area contributed by atoms with Gasteiger partial charge in [0.15, 0.2) is 0 Å². The molecule has 0 bridgehead atoms. The fourth-order valence-electron chi connectivity index (χ4n) is 2.22. The summed E-state index contributed by atoms with van der Waals surface area (Å²) in [6.45, 7) is 5.13. The Morgan fingerprint density at radius 1 is 1.42 bits per heavy atom. The molecule has 0 fully saturated rings. The molecule has 4 nitrogen and oxygen atoms in total. The van der Waals surface area contributed by atoms with E-state index in [1.165, 1.54) is 11.1 Å². The predicted molar refractivity (Wildman–Crippen MR) is 80.1 cm³/mol. The van der Waals surface area contributed by atoms with Crippen LogP contribution in [0.25, 0.3) is 0 Å². The van der Waals surface area contributed by atoms with Crippen molar-refractivity contribution in [1.29, 1.82) is 0 Å². The molecule has 2 rings (SSSR count). The summed E-state index contributed by atoms with van der Waals surface area (Å²) in [7, 11) is 1.96. The molecule has 0 aliphatic heterocycles. The largest absolute Gasteiger partial charge is 0.308 e. The average molecular weight is 323 g/mol. The Morgan fingerprint density at radius 3 is 2.89 bits per heavy atom. The molecule has 1 unspecified atom stereocenters. The fourth-order valence-corrected chi connectivity index (χ4v) is 2.70. The molecular weight excluding hydrogens is 304 g/mol. The number of hydrogen-bond acceptors (Lipinski definition) is 3. The Hall–Kier alpha value is -1.20. The summed E-state index contributed by atoms with van der Waals surface area (Å²) in [5.41, 5.74) is 3.55. The molecule has 0 saturated heterocycles. The van der Waals surface area contributed by atoms with Gasteiger partial charge in [-0.15, -0.1) is 5.10 Å². The molecule has 1 N–H and O–H groups in total. The second-order valence-electron chi connectivity index (χ2n) is 4.63. The highest BCUT2D eigenvalue weighted by Gasteiger charge is 2.19. The van der Waals surface area contributed by atoms with Gasteiger partial charge in [0.05, 0.1) is 17.9 Å². The van der Waals surface area contributed by atoms with Crippen LogP contribution in [0.5, 0.6) is 0 Å². The molecule has 102 valence electrons. The minimum absolute atomic E-state index is 0.0934. The number of hydrogen-bond donors (Lipinski definition) is 1. The van der Waals surface area contributed by atoms with Crippen LogP contribution in [0.4, 0.5) is 0 Å². The van der Waals surface area contributed by atoms with Gasteiger partial charge < -0.3 is 5.32 Å². The quantitative estimate of drug-likeness (QED) is 0.919. The summed E-state index contributed by atoms with van der Waals surface area (Å²) in [5, 5.41) is 11.6.